The van der Waals surface area contributed by atoms with Crippen molar-refractivity contribution in [1.82, 2.24) is 9.97 Å². The SMILES string of the molecule is Cc1cc(C(=O)Nc2ccccc2F)nc(N2CCC(C)CC2)n1. The van der Waals surface area contributed by atoms with Gasteiger partial charge in [-0.3, -0.25) is 4.79 Å². The molecule has 1 saturated heterocycles. The summed E-state index contributed by atoms with van der Waals surface area (Å²) in [6, 6.07) is 7.70. The molecular weight excluding hydrogens is 307 g/mol. The van der Waals surface area contributed by atoms with Crippen molar-refractivity contribution in [1.29, 1.82) is 0 Å². The van der Waals surface area contributed by atoms with Crippen LogP contribution < -0.4 is 10.2 Å². The average Bonchev–Trinajstić information content (AvgIpc) is 2.57. The second-order valence-electron chi connectivity index (χ2n) is 6.30. The number of anilines is 2. The highest BCUT2D eigenvalue weighted by Gasteiger charge is 2.20. The number of para-hydroxylation sites is 1. The lowest BCUT2D eigenvalue weighted by atomic mass is 10.00. The lowest BCUT2D eigenvalue weighted by molar-refractivity contribution is 0.102. The first-order valence-electron chi connectivity index (χ1n) is 8.19. The number of aromatic nitrogens is 2. The van der Waals surface area contributed by atoms with E-state index in [2.05, 4.69) is 27.1 Å². The van der Waals surface area contributed by atoms with E-state index in [1.165, 1.54) is 12.1 Å². The number of aryl methyl sites for hydroxylation is 1. The zero-order valence-corrected chi connectivity index (χ0v) is 13.9. The Hall–Kier alpha value is -2.50. The Kier molecular flexibility index (Phi) is 4.74. The lowest BCUT2D eigenvalue weighted by Crippen LogP contribution is -2.34. The molecule has 1 aliphatic rings. The smallest absolute Gasteiger partial charge is 0.274 e. The molecule has 1 fully saturated rings. The molecule has 1 aliphatic heterocycles. The number of nitrogens with zero attached hydrogens (tertiary/aromatic N) is 3. The summed E-state index contributed by atoms with van der Waals surface area (Å²) in [6.07, 6.45) is 2.18. The summed E-state index contributed by atoms with van der Waals surface area (Å²) in [5, 5.41) is 2.57. The molecule has 0 spiro atoms. The highest BCUT2D eigenvalue weighted by Crippen LogP contribution is 2.21. The number of amides is 1. The minimum absolute atomic E-state index is 0.145. The van der Waals surface area contributed by atoms with Gasteiger partial charge in [-0.1, -0.05) is 19.1 Å². The normalized spacial score (nSPS) is 15.4. The first-order chi connectivity index (χ1) is 11.5. The molecule has 2 heterocycles. The van der Waals surface area contributed by atoms with E-state index in [1.807, 2.05) is 6.92 Å². The van der Waals surface area contributed by atoms with Crippen LogP contribution in [0.4, 0.5) is 16.0 Å². The van der Waals surface area contributed by atoms with Crippen molar-refractivity contribution in [3.05, 3.63) is 47.5 Å². The molecule has 0 aliphatic carbocycles. The number of nitrogens with one attached hydrogen (secondary N) is 1. The third-order valence-corrected chi connectivity index (χ3v) is 4.26. The van der Waals surface area contributed by atoms with Crippen molar-refractivity contribution in [2.45, 2.75) is 26.7 Å². The van der Waals surface area contributed by atoms with Crippen molar-refractivity contribution in [3.63, 3.8) is 0 Å². The number of piperidine rings is 1. The van der Waals surface area contributed by atoms with Gasteiger partial charge < -0.3 is 10.2 Å². The molecule has 0 saturated carbocycles. The maximum atomic E-state index is 13.7. The molecule has 1 N–H and O–H groups in total. The van der Waals surface area contributed by atoms with Crippen LogP contribution in [0.25, 0.3) is 0 Å². The van der Waals surface area contributed by atoms with Gasteiger partial charge in [0, 0.05) is 18.8 Å². The van der Waals surface area contributed by atoms with E-state index in [0.29, 0.717) is 11.9 Å². The quantitative estimate of drug-likeness (QED) is 0.938. The van der Waals surface area contributed by atoms with Gasteiger partial charge in [0.2, 0.25) is 5.95 Å². The monoisotopic (exact) mass is 328 g/mol. The summed E-state index contributed by atoms with van der Waals surface area (Å²) in [4.78, 5) is 23.4. The van der Waals surface area contributed by atoms with E-state index in [4.69, 9.17) is 0 Å². The second kappa shape index (κ2) is 6.95. The predicted molar refractivity (Wildman–Crippen MR) is 91.7 cm³/mol. The summed E-state index contributed by atoms with van der Waals surface area (Å²) >= 11 is 0. The van der Waals surface area contributed by atoms with Crippen LogP contribution in [-0.4, -0.2) is 29.0 Å². The molecule has 6 heteroatoms. The zero-order valence-electron chi connectivity index (χ0n) is 13.9. The van der Waals surface area contributed by atoms with Gasteiger partial charge in [0.1, 0.15) is 11.5 Å². The van der Waals surface area contributed by atoms with Crippen LogP contribution in [0.1, 0.15) is 35.9 Å². The van der Waals surface area contributed by atoms with E-state index in [1.54, 1.807) is 18.2 Å². The summed E-state index contributed by atoms with van der Waals surface area (Å²) in [5.74, 6) is 0.370. The Morgan fingerprint density at radius 3 is 2.67 bits per heavy atom. The fourth-order valence-corrected chi connectivity index (χ4v) is 2.77. The van der Waals surface area contributed by atoms with Crippen LogP contribution >= 0.6 is 0 Å². The van der Waals surface area contributed by atoms with E-state index in [-0.39, 0.29) is 11.4 Å². The Bertz CT molecular complexity index is 742. The molecule has 0 bridgehead atoms. The fourth-order valence-electron chi connectivity index (χ4n) is 2.77. The van der Waals surface area contributed by atoms with Crippen molar-refractivity contribution >= 4 is 17.5 Å². The maximum absolute atomic E-state index is 13.7. The topological polar surface area (TPSA) is 58.1 Å². The van der Waals surface area contributed by atoms with E-state index >= 15 is 0 Å². The Morgan fingerprint density at radius 1 is 1.25 bits per heavy atom. The molecule has 1 aromatic carbocycles. The van der Waals surface area contributed by atoms with Crippen LogP contribution in [0.15, 0.2) is 30.3 Å². The third-order valence-electron chi connectivity index (χ3n) is 4.26. The van der Waals surface area contributed by atoms with E-state index < -0.39 is 11.7 Å². The molecule has 0 atom stereocenters. The fraction of sp³-hybridized carbons (Fsp3) is 0.389. The van der Waals surface area contributed by atoms with Crippen LogP contribution in [0, 0.1) is 18.7 Å². The molecule has 2 aromatic rings. The molecule has 0 radical (unpaired) electrons. The van der Waals surface area contributed by atoms with Gasteiger partial charge in [0.15, 0.2) is 0 Å². The number of benzene rings is 1. The zero-order chi connectivity index (χ0) is 17.1. The van der Waals surface area contributed by atoms with E-state index in [0.717, 1.165) is 31.6 Å². The van der Waals surface area contributed by atoms with Crippen LogP contribution in [0.2, 0.25) is 0 Å². The van der Waals surface area contributed by atoms with E-state index in [9.17, 15) is 9.18 Å². The van der Waals surface area contributed by atoms with Gasteiger partial charge in [-0.25, -0.2) is 14.4 Å². The highest BCUT2D eigenvalue weighted by molar-refractivity contribution is 6.03. The molecule has 24 heavy (non-hydrogen) atoms. The summed E-state index contributed by atoms with van der Waals surface area (Å²) < 4.78 is 13.7. The highest BCUT2D eigenvalue weighted by atomic mass is 19.1. The van der Waals surface area contributed by atoms with Crippen molar-refractivity contribution < 1.29 is 9.18 Å². The molecule has 126 valence electrons. The molecule has 3 rings (SSSR count). The summed E-state index contributed by atoms with van der Waals surface area (Å²) in [7, 11) is 0. The standard InChI is InChI=1S/C18H21FN4O/c1-12-7-9-23(10-8-12)18-20-13(2)11-16(22-18)17(24)21-15-6-4-3-5-14(15)19/h3-6,11-12H,7-10H2,1-2H3,(H,21,24). The van der Waals surface area contributed by atoms with Gasteiger partial charge in [-0.05, 0) is 43.9 Å². The van der Waals surface area contributed by atoms with Gasteiger partial charge in [0.25, 0.3) is 5.91 Å². The van der Waals surface area contributed by atoms with Crippen LogP contribution in [0.3, 0.4) is 0 Å². The molecule has 0 unspecified atom stereocenters. The van der Waals surface area contributed by atoms with Crippen LogP contribution in [0.5, 0.6) is 0 Å². The first-order valence-corrected chi connectivity index (χ1v) is 8.19. The number of halogens is 1. The number of rotatable bonds is 3. The Labute approximate surface area is 140 Å². The number of carbonyl (C=O) groups excluding carboxylic acids is 1. The number of hydrogen-bond donors (Lipinski definition) is 1. The second-order valence-corrected chi connectivity index (χ2v) is 6.30. The number of hydrogen-bond acceptors (Lipinski definition) is 4. The third kappa shape index (κ3) is 3.69. The number of carbonyl (C=O) groups is 1. The van der Waals surface area contributed by atoms with Crippen molar-refractivity contribution in [2.75, 3.05) is 23.3 Å². The van der Waals surface area contributed by atoms with Gasteiger partial charge in [0.05, 0.1) is 5.69 Å². The molecule has 5 nitrogen and oxygen atoms in total. The van der Waals surface area contributed by atoms with Crippen LogP contribution in [-0.2, 0) is 0 Å². The Balaban J connectivity index is 1.80. The minimum Gasteiger partial charge on any atom is -0.341 e. The van der Waals surface area contributed by atoms with Gasteiger partial charge in [-0.15, -0.1) is 0 Å². The average molecular weight is 328 g/mol. The summed E-state index contributed by atoms with van der Waals surface area (Å²) in [5.41, 5.74) is 1.11. The predicted octanol–water partition coefficient (Wildman–Crippen LogP) is 3.41. The molecular formula is C18H21FN4O. The Morgan fingerprint density at radius 2 is 1.96 bits per heavy atom. The largest absolute Gasteiger partial charge is 0.341 e. The molecule has 1 aromatic heterocycles. The van der Waals surface area contributed by atoms with Crippen molar-refractivity contribution in [2.24, 2.45) is 5.92 Å². The van der Waals surface area contributed by atoms with Gasteiger partial charge in [-0.2, -0.15) is 0 Å². The minimum atomic E-state index is -0.470. The maximum Gasteiger partial charge on any atom is 0.274 e. The first kappa shape index (κ1) is 16.4. The molecule has 1 amide bonds. The van der Waals surface area contributed by atoms with Gasteiger partial charge >= 0.3 is 0 Å². The lowest BCUT2D eigenvalue weighted by Gasteiger charge is -2.30. The summed E-state index contributed by atoms with van der Waals surface area (Å²) in [6.45, 7) is 5.84. The van der Waals surface area contributed by atoms with Crippen molar-refractivity contribution in [3.8, 4) is 0 Å².